The molecular weight excluding hydrogens is 430 g/mol. The molecule has 1 unspecified atom stereocenters. The van der Waals surface area contributed by atoms with Crippen molar-refractivity contribution in [3.63, 3.8) is 0 Å². The maximum atomic E-state index is 13.1. The summed E-state index contributed by atoms with van der Waals surface area (Å²) >= 11 is 1.36. The molecule has 2 amide bonds. The molecule has 5 nitrogen and oxygen atoms in total. The molecule has 6 heteroatoms. The number of nitrogens with zero attached hydrogens (tertiary/aromatic N) is 1. The molecule has 0 radical (unpaired) electrons. The van der Waals surface area contributed by atoms with Gasteiger partial charge in [-0.3, -0.25) is 14.5 Å². The Bertz CT molecular complexity index is 1030. The van der Waals surface area contributed by atoms with Crippen molar-refractivity contribution < 1.29 is 9.59 Å². The highest BCUT2D eigenvalue weighted by Crippen LogP contribution is 2.19. The molecule has 2 N–H and O–H groups in total. The monoisotopic (exact) mass is 461 g/mol. The number of likely N-dealkylation sites (tertiary alicyclic amines) is 1. The zero-order valence-corrected chi connectivity index (χ0v) is 19.8. The summed E-state index contributed by atoms with van der Waals surface area (Å²) in [7, 11) is 0. The van der Waals surface area contributed by atoms with E-state index in [0.717, 1.165) is 36.8 Å². The fourth-order valence-corrected chi connectivity index (χ4v) is 4.72. The van der Waals surface area contributed by atoms with E-state index >= 15 is 0 Å². The summed E-state index contributed by atoms with van der Waals surface area (Å²) in [5, 5.41) is 7.75. The van der Waals surface area contributed by atoms with E-state index in [2.05, 4.69) is 34.6 Å². The van der Waals surface area contributed by atoms with Crippen LogP contribution in [0.1, 0.15) is 40.6 Å². The molecule has 2 aromatic carbocycles. The van der Waals surface area contributed by atoms with Crippen LogP contribution in [0.2, 0.25) is 0 Å². The van der Waals surface area contributed by atoms with E-state index in [0.29, 0.717) is 11.3 Å². The Labute approximate surface area is 199 Å². The Morgan fingerprint density at radius 1 is 0.970 bits per heavy atom. The number of nitrogens with one attached hydrogen (secondary N) is 2. The Morgan fingerprint density at radius 2 is 1.70 bits per heavy atom. The highest BCUT2D eigenvalue weighted by Gasteiger charge is 2.23. The van der Waals surface area contributed by atoms with Gasteiger partial charge in [-0.25, -0.2) is 0 Å². The largest absolute Gasteiger partial charge is 0.339 e. The van der Waals surface area contributed by atoms with Crippen molar-refractivity contribution in [1.82, 2.24) is 10.2 Å². The molecule has 33 heavy (non-hydrogen) atoms. The van der Waals surface area contributed by atoms with E-state index < -0.39 is 6.04 Å². The number of rotatable bonds is 8. The fraction of sp³-hybridized carbons (Fsp3) is 0.333. The van der Waals surface area contributed by atoms with Crippen LogP contribution in [0, 0.1) is 5.92 Å². The number of hydrogen-bond donors (Lipinski definition) is 2. The third-order valence-corrected chi connectivity index (χ3v) is 7.02. The van der Waals surface area contributed by atoms with Gasteiger partial charge < -0.3 is 10.6 Å². The van der Waals surface area contributed by atoms with Crippen LogP contribution in [0.4, 0.5) is 5.69 Å². The maximum Gasteiger partial charge on any atom is 0.262 e. The average Bonchev–Trinajstić information content (AvgIpc) is 3.37. The average molecular weight is 462 g/mol. The molecule has 172 valence electrons. The highest BCUT2D eigenvalue weighted by molar-refractivity contribution is 7.12. The number of thiophene rings is 1. The van der Waals surface area contributed by atoms with Gasteiger partial charge in [0, 0.05) is 18.7 Å². The molecule has 0 aliphatic carbocycles. The number of piperidine rings is 1. The molecule has 1 saturated heterocycles. The zero-order chi connectivity index (χ0) is 23.0. The predicted molar refractivity (Wildman–Crippen MR) is 134 cm³/mol. The van der Waals surface area contributed by atoms with Crippen LogP contribution in [-0.2, 0) is 17.8 Å². The SMILES string of the molecule is CC1CCN(Cc2ccc(NC(=O)C(Cc3ccccc3)NC(=O)c3cccs3)cc2)CC1. The van der Waals surface area contributed by atoms with E-state index in [9.17, 15) is 9.59 Å². The first-order chi connectivity index (χ1) is 16.1. The second-order valence-corrected chi connectivity index (χ2v) is 9.79. The summed E-state index contributed by atoms with van der Waals surface area (Å²) in [5.41, 5.74) is 2.98. The molecule has 3 aromatic rings. The van der Waals surface area contributed by atoms with E-state index in [-0.39, 0.29) is 11.8 Å². The first-order valence-corrected chi connectivity index (χ1v) is 12.5. The number of anilines is 1. The number of amides is 2. The molecule has 1 atom stereocenters. The van der Waals surface area contributed by atoms with Gasteiger partial charge in [0.1, 0.15) is 6.04 Å². The topological polar surface area (TPSA) is 61.4 Å². The standard InChI is InChI=1S/C27H31N3O2S/c1-20-13-15-30(16-14-20)19-22-9-11-23(12-10-22)28-26(31)24(18-21-6-3-2-4-7-21)29-27(32)25-8-5-17-33-25/h2-12,17,20,24H,13-16,18-19H2,1H3,(H,28,31)(H,29,32). The lowest BCUT2D eigenvalue weighted by molar-refractivity contribution is -0.118. The second-order valence-electron chi connectivity index (χ2n) is 8.84. The van der Waals surface area contributed by atoms with Gasteiger partial charge in [-0.15, -0.1) is 11.3 Å². The van der Waals surface area contributed by atoms with Gasteiger partial charge in [-0.2, -0.15) is 0 Å². The van der Waals surface area contributed by atoms with Crippen molar-refractivity contribution in [2.24, 2.45) is 5.92 Å². The van der Waals surface area contributed by atoms with Crippen LogP contribution in [-0.4, -0.2) is 35.8 Å². The molecular formula is C27H31N3O2S. The minimum Gasteiger partial charge on any atom is -0.339 e. The zero-order valence-electron chi connectivity index (χ0n) is 19.0. The normalized spacial score (nSPS) is 15.7. The minimum absolute atomic E-state index is 0.221. The first-order valence-electron chi connectivity index (χ1n) is 11.6. The van der Waals surface area contributed by atoms with Gasteiger partial charge in [-0.05, 0) is 66.6 Å². The maximum absolute atomic E-state index is 13.1. The predicted octanol–water partition coefficient (Wildman–Crippen LogP) is 4.96. The molecule has 0 saturated carbocycles. The lowest BCUT2D eigenvalue weighted by Gasteiger charge is -2.30. The molecule has 1 aliphatic rings. The van der Waals surface area contributed by atoms with Gasteiger partial charge in [0.2, 0.25) is 5.91 Å². The van der Waals surface area contributed by atoms with Crippen LogP contribution >= 0.6 is 11.3 Å². The molecule has 1 aliphatic heterocycles. The summed E-state index contributed by atoms with van der Waals surface area (Å²) in [6.07, 6.45) is 2.94. The lowest BCUT2D eigenvalue weighted by atomic mass is 9.99. The van der Waals surface area contributed by atoms with Crippen molar-refractivity contribution in [3.8, 4) is 0 Å². The quantitative estimate of drug-likeness (QED) is 0.498. The van der Waals surface area contributed by atoms with Gasteiger partial charge in [0.05, 0.1) is 4.88 Å². The Balaban J connectivity index is 1.39. The third-order valence-electron chi connectivity index (χ3n) is 6.15. The molecule has 0 spiro atoms. The molecule has 4 rings (SSSR count). The van der Waals surface area contributed by atoms with Crippen LogP contribution in [0.15, 0.2) is 72.1 Å². The van der Waals surface area contributed by atoms with Crippen molar-refractivity contribution in [1.29, 1.82) is 0 Å². The summed E-state index contributed by atoms with van der Waals surface area (Å²) in [6, 6.07) is 20.7. The number of hydrogen-bond acceptors (Lipinski definition) is 4. The van der Waals surface area contributed by atoms with E-state index in [1.54, 1.807) is 6.07 Å². The summed E-state index contributed by atoms with van der Waals surface area (Å²) < 4.78 is 0. The molecule has 1 fully saturated rings. The third kappa shape index (κ3) is 6.76. The second kappa shape index (κ2) is 11.3. The van der Waals surface area contributed by atoms with Crippen molar-refractivity contribution in [3.05, 3.63) is 88.1 Å². The van der Waals surface area contributed by atoms with Crippen LogP contribution in [0.25, 0.3) is 0 Å². The molecule has 2 heterocycles. The minimum atomic E-state index is -0.669. The molecule has 0 bridgehead atoms. The molecule has 1 aromatic heterocycles. The smallest absolute Gasteiger partial charge is 0.262 e. The van der Waals surface area contributed by atoms with E-state index in [1.165, 1.54) is 29.7 Å². The van der Waals surface area contributed by atoms with Gasteiger partial charge in [-0.1, -0.05) is 55.5 Å². The fourth-order valence-electron chi connectivity index (χ4n) is 4.10. The van der Waals surface area contributed by atoms with Crippen LogP contribution in [0.3, 0.4) is 0 Å². The number of carbonyl (C=O) groups is 2. The highest BCUT2D eigenvalue weighted by atomic mass is 32.1. The lowest BCUT2D eigenvalue weighted by Crippen LogP contribution is -2.45. The van der Waals surface area contributed by atoms with E-state index in [4.69, 9.17) is 0 Å². The number of carbonyl (C=O) groups excluding carboxylic acids is 2. The van der Waals surface area contributed by atoms with Crippen molar-refractivity contribution >= 4 is 28.8 Å². The Hall–Kier alpha value is -2.96. The van der Waals surface area contributed by atoms with Crippen molar-refractivity contribution in [2.75, 3.05) is 18.4 Å². The van der Waals surface area contributed by atoms with Crippen LogP contribution < -0.4 is 10.6 Å². The van der Waals surface area contributed by atoms with Gasteiger partial charge in [0.25, 0.3) is 5.91 Å². The van der Waals surface area contributed by atoms with Crippen LogP contribution in [0.5, 0.6) is 0 Å². The summed E-state index contributed by atoms with van der Waals surface area (Å²) in [5.74, 6) is 0.372. The van der Waals surface area contributed by atoms with Gasteiger partial charge >= 0.3 is 0 Å². The number of benzene rings is 2. The first kappa shape index (κ1) is 23.2. The van der Waals surface area contributed by atoms with Crippen molar-refractivity contribution in [2.45, 2.75) is 38.8 Å². The summed E-state index contributed by atoms with van der Waals surface area (Å²) in [4.78, 5) is 28.8. The van der Waals surface area contributed by atoms with Gasteiger partial charge in [0.15, 0.2) is 0 Å². The van der Waals surface area contributed by atoms with E-state index in [1.807, 2.05) is 53.9 Å². The summed E-state index contributed by atoms with van der Waals surface area (Å²) in [6.45, 7) is 5.55. The Morgan fingerprint density at radius 3 is 2.36 bits per heavy atom. The Kier molecular flexibility index (Phi) is 7.92.